The van der Waals surface area contributed by atoms with Gasteiger partial charge < -0.3 is 5.32 Å². The highest BCUT2D eigenvalue weighted by Crippen LogP contribution is 2.37. The van der Waals surface area contributed by atoms with Gasteiger partial charge in [0.1, 0.15) is 0 Å². The molecule has 1 spiro atoms. The average Bonchev–Trinajstić information content (AvgIpc) is 2.30. The monoisotopic (exact) mass is 268 g/mol. The molecule has 7 heteroatoms. The Labute approximate surface area is 100 Å². The molecule has 2 aliphatic heterocycles. The molecule has 0 aromatic heterocycles. The molecule has 0 radical (unpaired) electrons. The molecular formula is C10H18F2N2O2S. The number of alkyl halides is 2. The third-order valence-corrected chi connectivity index (χ3v) is 5.25. The molecule has 2 rings (SSSR count). The summed E-state index contributed by atoms with van der Waals surface area (Å²) >= 11 is 0. The van der Waals surface area contributed by atoms with Gasteiger partial charge in [0, 0.05) is 19.6 Å². The number of nitrogens with one attached hydrogen (secondary N) is 1. The van der Waals surface area contributed by atoms with Crippen LogP contribution in [0.2, 0.25) is 0 Å². The zero-order valence-corrected chi connectivity index (χ0v) is 10.5. The van der Waals surface area contributed by atoms with Crippen LogP contribution in [-0.4, -0.2) is 44.7 Å². The van der Waals surface area contributed by atoms with Crippen LogP contribution in [0.4, 0.5) is 8.78 Å². The van der Waals surface area contributed by atoms with E-state index in [2.05, 4.69) is 5.32 Å². The highest BCUT2D eigenvalue weighted by Gasteiger charge is 2.42. The van der Waals surface area contributed by atoms with Crippen molar-refractivity contribution in [2.24, 2.45) is 5.41 Å². The van der Waals surface area contributed by atoms with Crippen LogP contribution in [0.3, 0.4) is 0 Å². The van der Waals surface area contributed by atoms with Crippen molar-refractivity contribution >= 4 is 10.0 Å². The van der Waals surface area contributed by atoms with Crippen molar-refractivity contribution in [3.63, 3.8) is 0 Å². The SMILES string of the molecule is O=S(=O)(C(F)F)N1CCCC2(CCCNC2)C1. The zero-order valence-electron chi connectivity index (χ0n) is 9.66. The summed E-state index contributed by atoms with van der Waals surface area (Å²) in [4.78, 5) is 0. The molecule has 100 valence electrons. The van der Waals surface area contributed by atoms with Crippen LogP contribution in [0.5, 0.6) is 0 Å². The molecule has 0 aliphatic carbocycles. The Bertz CT molecular complexity index is 361. The molecule has 0 aromatic rings. The van der Waals surface area contributed by atoms with Gasteiger partial charge in [-0.05, 0) is 37.6 Å². The Morgan fingerprint density at radius 3 is 2.53 bits per heavy atom. The standard InChI is InChI=1S/C10H18F2N2O2S/c11-9(12)17(15,16)14-6-2-4-10(8-14)3-1-5-13-7-10/h9,13H,1-8H2. The van der Waals surface area contributed by atoms with Crippen LogP contribution in [-0.2, 0) is 10.0 Å². The van der Waals surface area contributed by atoms with Crippen molar-refractivity contribution in [1.29, 1.82) is 0 Å². The fourth-order valence-corrected chi connectivity index (χ4v) is 3.93. The summed E-state index contributed by atoms with van der Waals surface area (Å²) in [6.07, 6.45) is 3.51. The van der Waals surface area contributed by atoms with Crippen LogP contribution in [0, 0.1) is 5.41 Å². The summed E-state index contributed by atoms with van der Waals surface area (Å²) in [5, 5.41) is 3.24. The Balaban J connectivity index is 2.12. The van der Waals surface area contributed by atoms with Crippen LogP contribution in [0.15, 0.2) is 0 Å². The largest absolute Gasteiger partial charge is 0.350 e. The molecule has 4 nitrogen and oxygen atoms in total. The smallest absolute Gasteiger partial charge is 0.316 e. The number of rotatable bonds is 2. The molecule has 2 heterocycles. The van der Waals surface area contributed by atoms with E-state index in [0.29, 0.717) is 6.42 Å². The number of hydrogen-bond acceptors (Lipinski definition) is 3. The summed E-state index contributed by atoms with van der Waals surface area (Å²) in [7, 11) is -4.40. The van der Waals surface area contributed by atoms with Gasteiger partial charge >= 0.3 is 5.76 Å². The van der Waals surface area contributed by atoms with E-state index in [1.54, 1.807) is 0 Å². The first-order valence-electron chi connectivity index (χ1n) is 5.94. The van der Waals surface area contributed by atoms with Gasteiger partial charge in [-0.25, -0.2) is 8.42 Å². The molecule has 2 saturated heterocycles. The third kappa shape index (κ3) is 2.61. The van der Waals surface area contributed by atoms with Gasteiger partial charge in [-0.3, -0.25) is 0 Å². The summed E-state index contributed by atoms with van der Waals surface area (Å²) in [5.74, 6) is -3.30. The van der Waals surface area contributed by atoms with Crippen molar-refractivity contribution in [2.75, 3.05) is 26.2 Å². The Kier molecular flexibility index (Phi) is 3.70. The van der Waals surface area contributed by atoms with Gasteiger partial charge in [0.15, 0.2) is 0 Å². The van der Waals surface area contributed by atoms with Crippen LogP contribution < -0.4 is 5.32 Å². The Hall–Kier alpha value is -0.270. The second kappa shape index (κ2) is 4.78. The molecule has 1 N–H and O–H groups in total. The Morgan fingerprint density at radius 1 is 1.24 bits per heavy atom. The lowest BCUT2D eigenvalue weighted by Crippen LogP contribution is -2.53. The molecular weight excluding hydrogens is 250 g/mol. The third-order valence-electron chi connectivity index (χ3n) is 3.77. The van der Waals surface area contributed by atoms with Crippen molar-refractivity contribution in [3.05, 3.63) is 0 Å². The summed E-state index contributed by atoms with van der Waals surface area (Å²) in [5.41, 5.74) is -0.127. The van der Waals surface area contributed by atoms with E-state index in [0.717, 1.165) is 36.7 Å². The fraction of sp³-hybridized carbons (Fsp3) is 1.00. The molecule has 1 unspecified atom stereocenters. The normalized spacial score (nSPS) is 32.2. The minimum absolute atomic E-state index is 0.127. The predicted molar refractivity (Wildman–Crippen MR) is 60.3 cm³/mol. The fourth-order valence-electron chi connectivity index (χ4n) is 2.87. The van der Waals surface area contributed by atoms with Crippen LogP contribution >= 0.6 is 0 Å². The first-order valence-corrected chi connectivity index (χ1v) is 7.45. The highest BCUT2D eigenvalue weighted by molar-refractivity contribution is 7.89. The van der Waals surface area contributed by atoms with Gasteiger partial charge in [-0.1, -0.05) is 0 Å². The van der Waals surface area contributed by atoms with Crippen LogP contribution in [0.25, 0.3) is 0 Å². The maximum absolute atomic E-state index is 12.5. The van der Waals surface area contributed by atoms with E-state index in [9.17, 15) is 17.2 Å². The predicted octanol–water partition coefficient (Wildman–Crippen LogP) is 1.00. The lowest BCUT2D eigenvalue weighted by Gasteiger charge is -2.44. The van der Waals surface area contributed by atoms with Crippen molar-refractivity contribution in [1.82, 2.24) is 9.62 Å². The van der Waals surface area contributed by atoms with Crippen molar-refractivity contribution in [3.8, 4) is 0 Å². The number of hydrogen-bond donors (Lipinski definition) is 1. The van der Waals surface area contributed by atoms with E-state index >= 15 is 0 Å². The highest BCUT2D eigenvalue weighted by atomic mass is 32.2. The molecule has 0 saturated carbocycles. The van der Waals surface area contributed by atoms with Gasteiger partial charge in [0.25, 0.3) is 10.0 Å². The topological polar surface area (TPSA) is 49.4 Å². The van der Waals surface area contributed by atoms with E-state index in [1.165, 1.54) is 0 Å². The van der Waals surface area contributed by atoms with Gasteiger partial charge in [0.05, 0.1) is 0 Å². The van der Waals surface area contributed by atoms with Crippen molar-refractivity contribution in [2.45, 2.75) is 31.4 Å². The maximum atomic E-state index is 12.5. The quantitative estimate of drug-likeness (QED) is 0.813. The average molecular weight is 268 g/mol. The van der Waals surface area contributed by atoms with Crippen LogP contribution in [0.1, 0.15) is 25.7 Å². The molecule has 0 aromatic carbocycles. The molecule has 0 amide bonds. The lowest BCUT2D eigenvalue weighted by molar-refractivity contribution is 0.104. The molecule has 2 aliphatic rings. The molecule has 1 atom stereocenters. The van der Waals surface area contributed by atoms with Crippen molar-refractivity contribution < 1.29 is 17.2 Å². The lowest BCUT2D eigenvalue weighted by atomic mass is 9.75. The van der Waals surface area contributed by atoms with Gasteiger partial charge in [0.2, 0.25) is 0 Å². The minimum atomic E-state index is -4.40. The molecule has 17 heavy (non-hydrogen) atoms. The second-order valence-corrected chi connectivity index (χ2v) is 6.93. The number of halogens is 2. The summed E-state index contributed by atoms with van der Waals surface area (Å²) in [6, 6.07) is 0. The van der Waals surface area contributed by atoms with E-state index in [1.807, 2.05) is 0 Å². The second-order valence-electron chi connectivity index (χ2n) is 5.02. The molecule has 0 bridgehead atoms. The number of piperidine rings is 2. The van der Waals surface area contributed by atoms with Gasteiger partial charge in [-0.15, -0.1) is 0 Å². The van der Waals surface area contributed by atoms with E-state index in [-0.39, 0.29) is 18.5 Å². The number of nitrogens with zero attached hydrogens (tertiary/aromatic N) is 1. The minimum Gasteiger partial charge on any atom is -0.316 e. The first kappa shape index (κ1) is 13.2. The van der Waals surface area contributed by atoms with E-state index in [4.69, 9.17) is 0 Å². The molecule has 2 fully saturated rings. The van der Waals surface area contributed by atoms with Gasteiger partial charge in [-0.2, -0.15) is 13.1 Å². The number of sulfonamides is 1. The summed E-state index contributed by atoms with van der Waals surface area (Å²) < 4.78 is 48.9. The first-order chi connectivity index (χ1) is 7.96. The maximum Gasteiger partial charge on any atom is 0.350 e. The summed E-state index contributed by atoms with van der Waals surface area (Å²) in [6.45, 7) is 2.15. The zero-order chi connectivity index (χ0) is 12.5. The van der Waals surface area contributed by atoms with E-state index < -0.39 is 15.8 Å². The Morgan fingerprint density at radius 2 is 1.94 bits per heavy atom.